The van der Waals surface area contributed by atoms with E-state index in [0.29, 0.717) is 12.1 Å². The molecule has 1 saturated heterocycles. The van der Waals surface area contributed by atoms with Crippen LogP contribution in [-0.4, -0.2) is 37.8 Å². The van der Waals surface area contributed by atoms with Gasteiger partial charge in [-0.05, 0) is 32.4 Å². The summed E-state index contributed by atoms with van der Waals surface area (Å²) in [7, 11) is 1.79. The third-order valence-electron chi connectivity index (χ3n) is 3.76. The van der Waals surface area contributed by atoms with Crippen molar-refractivity contribution in [3.05, 3.63) is 23.9 Å². The molecule has 1 N–H and O–H groups in total. The molecule has 2 atom stereocenters. The molecule has 0 amide bonds. The third-order valence-corrected chi connectivity index (χ3v) is 3.76. The highest BCUT2D eigenvalue weighted by molar-refractivity contribution is 5.49. The van der Waals surface area contributed by atoms with Crippen LogP contribution in [-0.2, 0) is 4.74 Å². The summed E-state index contributed by atoms with van der Waals surface area (Å²) in [6.45, 7) is 7.41. The molecule has 1 aliphatic heterocycles. The van der Waals surface area contributed by atoms with Gasteiger partial charge in [0.2, 0.25) is 0 Å². The lowest BCUT2D eigenvalue weighted by Crippen LogP contribution is -2.27. The van der Waals surface area contributed by atoms with Crippen LogP contribution in [0.1, 0.15) is 38.3 Å². The monoisotopic (exact) mass is 263 g/mol. The second-order valence-electron chi connectivity index (χ2n) is 5.18. The maximum Gasteiger partial charge on any atom is 0.133 e. The summed E-state index contributed by atoms with van der Waals surface area (Å²) < 4.78 is 5.44. The molecule has 4 heteroatoms. The molecule has 2 unspecified atom stereocenters. The predicted molar refractivity (Wildman–Crippen MR) is 78.6 cm³/mol. The number of methoxy groups -OCH3 is 1. The summed E-state index contributed by atoms with van der Waals surface area (Å²) in [4.78, 5) is 6.93. The number of pyridine rings is 1. The molecule has 1 fully saturated rings. The van der Waals surface area contributed by atoms with Gasteiger partial charge in [-0.1, -0.05) is 13.0 Å². The van der Waals surface area contributed by atoms with Crippen molar-refractivity contribution < 1.29 is 4.74 Å². The van der Waals surface area contributed by atoms with E-state index in [0.717, 1.165) is 38.3 Å². The lowest BCUT2D eigenvalue weighted by molar-refractivity contribution is 0.121. The molecular weight excluding hydrogens is 238 g/mol. The zero-order chi connectivity index (χ0) is 13.7. The number of nitrogens with zero attached hydrogens (tertiary/aromatic N) is 2. The van der Waals surface area contributed by atoms with Gasteiger partial charge in [0.05, 0.1) is 6.10 Å². The molecule has 0 aliphatic carbocycles. The number of ether oxygens (including phenoxy) is 1. The van der Waals surface area contributed by atoms with Gasteiger partial charge >= 0.3 is 0 Å². The second kappa shape index (κ2) is 6.87. The molecule has 0 bridgehead atoms. The Balaban J connectivity index is 2.12. The molecule has 0 saturated carbocycles. The summed E-state index contributed by atoms with van der Waals surface area (Å²) in [5.41, 5.74) is 1.28. The molecule has 19 heavy (non-hydrogen) atoms. The first kappa shape index (κ1) is 14.3. The number of anilines is 1. The molecule has 0 spiro atoms. The summed E-state index contributed by atoms with van der Waals surface area (Å²) in [6, 6.07) is 4.54. The standard InChI is InChI=1S/C15H25N3O/c1-4-8-16-12(2)14-6-5-9-17-15(14)18-10-7-13(11-18)19-3/h5-6,9,12-13,16H,4,7-8,10-11H2,1-3H3. The van der Waals surface area contributed by atoms with E-state index in [4.69, 9.17) is 4.74 Å². The van der Waals surface area contributed by atoms with Crippen LogP contribution >= 0.6 is 0 Å². The van der Waals surface area contributed by atoms with Crippen molar-refractivity contribution in [2.75, 3.05) is 31.6 Å². The molecule has 1 aromatic rings. The van der Waals surface area contributed by atoms with Crippen LogP contribution in [0.15, 0.2) is 18.3 Å². The van der Waals surface area contributed by atoms with Crippen LogP contribution in [0.5, 0.6) is 0 Å². The molecule has 2 rings (SSSR count). The predicted octanol–water partition coefficient (Wildman–Crippen LogP) is 2.37. The molecular formula is C15H25N3O. The Hall–Kier alpha value is -1.13. The van der Waals surface area contributed by atoms with Gasteiger partial charge in [0.15, 0.2) is 0 Å². The van der Waals surface area contributed by atoms with E-state index in [1.54, 1.807) is 7.11 Å². The van der Waals surface area contributed by atoms with Gasteiger partial charge in [-0.3, -0.25) is 0 Å². The maximum atomic E-state index is 5.44. The van der Waals surface area contributed by atoms with Crippen molar-refractivity contribution in [2.45, 2.75) is 38.8 Å². The minimum Gasteiger partial charge on any atom is -0.380 e. The molecule has 2 heterocycles. The highest BCUT2D eigenvalue weighted by Gasteiger charge is 2.25. The summed E-state index contributed by atoms with van der Waals surface area (Å²) in [6.07, 6.45) is 4.46. The van der Waals surface area contributed by atoms with Gasteiger partial charge in [-0.25, -0.2) is 4.98 Å². The number of aromatic nitrogens is 1. The van der Waals surface area contributed by atoms with Crippen LogP contribution in [0.4, 0.5) is 5.82 Å². The quantitative estimate of drug-likeness (QED) is 0.855. The van der Waals surface area contributed by atoms with E-state index in [9.17, 15) is 0 Å². The normalized spacial score (nSPS) is 20.8. The SMILES string of the molecule is CCCNC(C)c1cccnc1N1CCC(OC)C1. The Morgan fingerprint density at radius 1 is 1.58 bits per heavy atom. The number of rotatable bonds is 6. The first-order chi connectivity index (χ1) is 9.26. The van der Waals surface area contributed by atoms with Crippen molar-refractivity contribution >= 4 is 5.82 Å². The smallest absolute Gasteiger partial charge is 0.133 e. The van der Waals surface area contributed by atoms with Gasteiger partial charge < -0.3 is 15.0 Å². The second-order valence-corrected chi connectivity index (χ2v) is 5.18. The Morgan fingerprint density at radius 3 is 3.11 bits per heavy atom. The molecule has 1 aromatic heterocycles. The van der Waals surface area contributed by atoms with Crippen LogP contribution in [0.25, 0.3) is 0 Å². The molecule has 4 nitrogen and oxygen atoms in total. The minimum absolute atomic E-state index is 0.338. The van der Waals surface area contributed by atoms with Crippen molar-refractivity contribution in [3.8, 4) is 0 Å². The average molecular weight is 263 g/mol. The molecule has 106 valence electrons. The first-order valence-corrected chi connectivity index (χ1v) is 7.22. The van der Waals surface area contributed by atoms with E-state index >= 15 is 0 Å². The number of hydrogen-bond donors (Lipinski definition) is 1. The lowest BCUT2D eigenvalue weighted by atomic mass is 10.1. The fourth-order valence-corrected chi connectivity index (χ4v) is 2.60. The summed E-state index contributed by atoms with van der Waals surface area (Å²) in [5, 5.41) is 3.54. The zero-order valence-corrected chi connectivity index (χ0v) is 12.2. The van der Waals surface area contributed by atoms with E-state index in [1.165, 1.54) is 5.56 Å². The fourth-order valence-electron chi connectivity index (χ4n) is 2.60. The van der Waals surface area contributed by atoms with Crippen molar-refractivity contribution in [2.24, 2.45) is 0 Å². The van der Waals surface area contributed by atoms with Gasteiger partial charge in [0.25, 0.3) is 0 Å². The van der Waals surface area contributed by atoms with E-state index < -0.39 is 0 Å². The van der Waals surface area contributed by atoms with Crippen LogP contribution in [0.2, 0.25) is 0 Å². The summed E-state index contributed by atoms with van der Waals surface area (Å²) >= 11 is 0. The van der Waals surface area contributed by atoms with Crippen LogP contribution in [0.3, 0.4) is 0 Å². The molecule has 0 radical (unpaired) electrons. The number of nitrogens with one attached hydrogen (secondary N) is 1. The van der Waals surface area contributed by atoms with Crippen molar-refractivity contribution in [3.63, 3.8) is 0 Å². The van der Waals surface area contributed by atoms with Gasteiger partial charge in [0, 0.05) is 38.0 Å². The zero-order valence-electron chi connectivity index (χ0n) is 12.2. The minimum atomic E-state index is 0.338. The number of hydrogen-bond acceptors (Lipinski definition) is 4. The van der Waals surface area contributed by atoms with Crippen LogP contribution < -0.4 is 10.2 Å². The topological polar surface area (TPSA) is 37.4 Å². The van der Waals surface area contributed by atoms with E-state index in [2.05, 4.69) is 35.1 Å². The van der Waals surface area contributed by atoms with Crippen LogP contribution in [0, 0.1) is 0 Å². The third kappa shape index (κ3) is 3.45. The largest absolute Gasteiger partial charge is 0.380 e. The van der Waals surface area contributed by atoms with Crippen molar-refractivity contribution in [1.29, 1.82) is 0 Å². The van der Waals surface area contributed by atoms with Gasteiger partial charge in [0.1, 0.15) is 5.82 Å². The fraction of sp³-hybridized carbons (Fsp3) is 0.667. The van der Waals surface area contributed by atoms with Gasteiger partial charge in [-0.15, -0.1) is 0 Å². The maximum absolute atomic E-state index is 5.44. The Morgan fingerprint density at radius 2 is 2.42 bits per heavy atom. The first-order valence-electron chi connectivity index (χ1n) is 7.22. The molecule has 1 aliphatic rings. The lowest BCUT2D eigenvalue weighted by Gasteiger charge is -2.23. The van der Waals surface area contributed by atoms with Gasteiger partial charge in [-0.2, -0.15) is 0 Å². The Kier molecular flexibility index (Phi) is 5.16. The van der Waals surface area contributed by atoms with Crippen molar-refractivity contribution in [1.82, 2.24) is 10.3 Å². The summed E-state index contributed by atoms with van der Waals surface area (Å²) in [5.74, 6) is 1.11. The Bertz CT molecular complexity index is 397. The Labute approximate surface area is 116 Å². The molecule has 0 aromatic carbocycles. The highest BCUT2D eigenvalue weighted by Crippen LogP contribution is 2.27. The highest BCUT2D eigenvalue weighted by atomic mass is 16.5. The van der Waals surface area contributed by atoms with E-state index in [1.807, 2.05) is 12.3 Å². The average Bonchev–Trinajstić information content (AvgIpc) is 2.93. The van der Waals surface area contributed by atoms with E-state index in [-0.39, 0.29) is 0 Å².